The highest BCUT2D eigenvalue weighted by Crippen LogP contribution is 2.24. The second kappa shape index (κ2) is 7.40. The van der Waals surface area contributed by atoms with Gasteiger partial charge in [0, 0.05) is 17.7 Å². The van der Waals surface area contributed by atoms with Crippen molar-refractivity contribution in [1.82, 2.24) is 25.5 Å². The minimum absolute atomic E-state index is 0.174. The number of aromatic nitrogens is 4. The Labute approximate surface area is 145 Å². The number of nitrogens with zero attached hydrogens (tertiary/aromatic N) is 4. The molecule has 0 unspecified atom stereocenters. The first kappa shape index (κ1) is 17.0. The molecular weight excluding hydrogens is 321 g/mol. The van der Waals surface area contributed by atoms with Crippen LogP contribution in [0, 0.1) is 5.82 Å². The highest BCUT2D eigenvalue weighted by molar-refractivity contribution is 5.32. The standard InChI is InChI=1S/C18H20FN5O/c1-12(16-10-9-15(25-3)11-17(16)19)20-13(2)18-21-22-23-24(18)14-7-5-4-6-8-14/h4-13,20H,1-3H3/t12-,13+/m0/s1. The molecular formula is C18H20FN5O. The molecule has 2 aromatic carbocycles. The predicted octanol–water partition coefficient (Wildman–Crippen LogP) is 3.22. The van der Waals surface area contributed by atoms with Crippen LogP contribution in [0.25, 0.3) is 5.69 Å². The van der Waals surface area contributed by atoms with E-state index in [1.54, 1.807) is 16.8 Å². The molecule has 0 aliphatic carbocycles. The molecule has 3 aromatic rings. The summed E-state index contributed by atoms with van der Waals surface area (Å²) in [4.78, 5) is 0. The van der Waals surface area contributed by atoms with E-state index in [-0.39, 0.29) is 17.9 Å². The normalized spacial score (nSPS) is 13.4. The summed E-state index contributed by atoms with van der Waals surface area (Å²) in [7, 11) is 1.52. The van der Waals surface area contributed by atoms with Crippen molar-refractivity contribution in [2.45, 2.75) is 25.9 Å². The summed E-state index contributed by atoms with van der Waals surface area (Å²) in [6.45, 7) is 3.85. The van der Waals surface area contributed by atoms with Crippen LogP contribution in [0.2, 0.25) is 0 Å². The summed E-state index contributed by atoms with van der Waals surface area (Å²) in [5, 5.41) is 15.3. The maximum absolute atomic E-state index is 14.3. The van der Waals surface area contributed by atoms with E-state index in [0.717, 1.165) is 5.69 Å². The minimum atomic E-state index is -0.311. The molecule has 0 amide bonds. The second-order valence-corrected chi connectivity index (χ2v) is 5.78. The van der Waals surface area contributed by atoms with Crippen LogP contribution in [0.3, 0.4) is 0 Å². The fraction of sp³-hybridized carbons (Fsp3) is 0.278. The Hall–Kier alpha value is -2.80. The molecule has 1 heterocycles. The molecule has 1 N–H and O–H groups in total. The van der Waals surface area contributed by atoms with E-state index in [1.165, 1.54) is 13.2 Å². The molecule has 0 saturated carbocycles. The zero-order chi connectivity index (χ0) is 17.8. The molecule has 3 rings (SSSR count). The first-order chi connectivity index (χ1) is 12.1. The number of methoxy groups -OCH3 is 1. The zero-order valence-corrected chi connectivity index (χ0v) is 14.3. The quantitative estimate of drug-likeness (QED) is 0.746. The van der Waals surface area contributed by atoms with Gasteiger partial charge in [-0.15, -0.1) is 5.10 Å². The van der Waals surface area contributed by atoms with E-state index in [9.17, 15) is 4.39 Å². The number of halogens is 1. The second-order valence-electron chi connectivity index (χ2n) is 5.78. The molecule has 0 bridgehead atoms. The van der Waals surface area contributed by atoms with E-state index in [2.05, 4.69) is 20.8 Å². The molecule has 0 fully saturated rings. The van der Waals surface area contributed by atoms with E-state index >= 15 is 0 Å². The lowest BCUT2D eigenvalue weighted by molar-refractivity contribution is 0.407. The Morgan fingerprint density at radius 1 is 1.08 bits per heavy atom. The van der Waals surface area contributed by atoms with Crippen molar-refractivity contribution in [2.75, 3.05) is 7.11 Å². The molecule has 1 aromatic heterocycles. The Balaban J connectivity index is 1.79. The van der Waals surface area contributed by atoms with Crippen molar-refractivity contribution in [3.05, 3.63) is 65.7 Å². The fourth-order valence-corrected chi connectivity index (χ4v) is 2.74. The van der Waals surface area contributed by atoms with Crippen molar-refractivity contribution < 1.29 is 9.13 Å². The van der Waals surface area contributed by atoms with Gasteiger partial charge in [0.2, 0.25) is 0 Å². The lowest BCUT2D eigenvalue weighted by Crippen LogP contribution is -2.25. The smallest absolute Gasteiger partial charge is 0.173 e. The number of nitrogens with one attached hydrogen (secondary N) is 1. The predicted molar refractivity (Wildman–Crippen MR) is 92.1 cm³/mol. The van der Waals surface area contributed by atoms with Gasteiger partial charge < -0.3 is 10.1 Å². The summed E-state index contributed by atoms with van der Waals surface area (Å²) in [5.41, 5.74) is 1.44. The van der Waals surface area contributed by atoms with Crippen LogP contribution in [-0.4, -0.2) is 27.3 Å². The van der Waals surface area contributed by atoms with E-state index in [1.807, 2.05) is 44.2 Å². The third-order valence-corrected chi connectivity index (χ3v) is 4.06. The van der Waals surface area contributed by atoms with Crippen LogP contribution in [0.15, 0.2) is 48.5 Å². The molecule has 25 heavy (non-hydrogen) atoms. The number of para-hydroxylation sites is 1. The van der Waals surface area contributed by atoms with Gasteiger partial charge in [-0.25, -0.2) is 4.39 Å². The summed E-state index contributed by atoms with van der Waals surface area (Å²) >= 11 is 0. The van der Waals surface area contributed by atoms with Crippen LogP contribution in [0.1, 0.15) is 37.3 Å². The van der Waals surface area contributed by atoms with Gasteiger partial charge in [0.1, 0.15) is 11.6 Å². The van der Waals surface area contributed by atoms with Crippen molar-refractivity contribution in [3.63, 3.8) is 0 Å². The monoisotopic (exact) mass is 341 g/mol. The summed E-state index contributed by atoms with van der Waals surface area (Å²) in [6.07, 6.45) is 0. The third-order valence-electron chi connectivity index (χ3n) is 4.06. The molecule has 0 saturated heterocycles. The van der Waals surface area contributed by atoms with Gasteiger partial charge >= 0.3 is 0 Å². The van der Waals surface area contributed by atoms with E-state index in [0.29, 0.717) is 17.1 Å². The summed E-state index contributed by atoms with van der Waals surface area (Å²) in [5.74, 6) is 0.843. The van der Waals surface area contributed by atoms with Gasteiger partial charge in [-0.1, -0.05) is 24.3 Å². The number of rotatable bonds is 6. The Morgan fingerprint density at radius 2 is 1.84 bits per heavy atom. The van der Waals surface area contributed by atoms with Crippen LogP contribution < -0.4 is 10.1 Å². The molecule has 0 spiro atoms. The average Bonchev–Trinajstić information content (AvgIpc) is 3.12. The lowest BCUT2D eigenvalue weighted by Gasteiger charge is -2.20. The van der Waals surface area contributed by atoms with Gasteiger partial charge in [-0.2, -0.15) is 4.68 Å². The number of hydrogen-bond acceptors (Lipinski definition) is 5. The third kappa shape index (κ3) is 3.66. The molecule has 0 aliphatic heterocycles. The lowest BCUT2D eigenvalue weighted by atomic mass is 10.1. The Bertz CT molecular complexity index is 836. The van der Waals surface area contributed by atoms with Crippen molar-refractivity contribution >= 4 is 0 Å². The molecule has 130 valence electrons. The van der Waals surface area contributed by atoms with Gasteiger partial charge in [-0.3, -0.25) is 0 Å². The van der Waals surface area contributed by atoms with Gasteiger partial charge in [0.25, 0.3) is 0 Å². The summed E-state index contributed by atoms with van der Waals surface area (Å²) < 4.78 is 21.0. The molecule has 0 aliphatic rings. The zero-order valence-electron chi connectivity index (χ0n) is 14.3. The number of tetrazole rings is 1. The van der Waals surface area contributed by atoms with E-state index in [4.69, 9.17) is 4.74 Å². The molecule has 0 radical (unpaired) electrons. The van der Waals surface area contributed by atoms with Crippen LogP contribution in [0.5, 0.6) is 5.75 Å². The van der Waals surface area contributed by atoms with Crippen molar-refractivity contribution in [3.8, 4) is 11.4 Å². The SMILES string of the molecule is COc1ccc([C@H](C)N[C@H](C)c2nnnn2-c2ccccc2)c(F)c1. The molecule has 7 heteroatoms. The maximum atomic E-state index is 14.3. The van der Waals surface area contributed by atoms with Crippen molar-refractivity contribution in [1.29, 1.82) is 0 Å². The van der Waals surface area contributed by atoms with Crippen LogP contribution in [0.4, 0.5) is 4.39 Å². The first-order valence-electron chi connectivity index (χ1n) is 8.03. The fourth-order valence-electron chi connectivity index (χ4n) is 2.74. The highest BCUT2D eigenvalue weighted by Gasteiger charge is 2.20. The van der Waals surface area contributed by atoms with Crippen molar-refractivity contribution in [2.24, 2.45) is 0 Å². The van der Waals surface area contributed by atoms with Gasteiger partial charge in [0.05, 0.1) is 18.8 Å². The average molecular weight is 341 g/mol. The molecule has 6 nitrogen and oxygen atoms in total. The van der Waals surface area contributed by atoms with Gasteiger partial charge in [-0.05, 0) is 42.5 Å². The van der Waals surface area contributed by atoms with E-state index < -0.39 is 0 Å². The summed E-state index contributed by atoms with van der Waals surface area (Å²) in [6, 6.07) is 14.1. The van der Waals surface area contributed by atoms with Gasteiger partial charge in [0.15, 0.2) is 5.82 Å². The Morgan fingerprint density at radius 3 is 2.52 bits per heavy atom. The number of hydrogen-bond donors (Lipinski definition) is 1. The maximum Gasteiger partial charge on any atom is 0.173 e. The minimum Gasteiger partial charge on any atom is -0.497 e. The number of benzene rings is 2. The number of ether oxygens (including phenoxy) is 1. The topological polar surface area (TPSA) is 64.9 Å². The van der Waals surface area contributed by atoms with Crippen LogP contribution in [-0.2, 0) is 0 Å². The van der Waals surface area contributed by atoms with Crippen LogP contribution >= 0.6 is 0 Å². The Kier molecular flexibility index (Phi) is 5.04. The largest absolute Gasteiger partial charge is 0.497 e. The first-order valence-corrected chi connectivity index (χ1v) is 8.03. The molecule has 2 atom stereocenters. The highest BCUT2D eigenvalue weighted by atomic mass is 19.1.